The lowest BCUT2D eigenvalue weighted by Gasteiger charge is -2.31. The summed E-state index contributed by atoms with van der Waals surface area (Å²) >= 11 is 0. The molecule has 1 N–H and O–H groups in total. The lowest BCUT2D eigenvalue weighted by molar-refractivity contribution is -0.140. The Hall–Kier alpha value is -3.42. The Bertz CT molecular complexity index is 1220. The lowest BCUT2D eigenvalue weighted by atomic mass is 10.1. The third-order valence-corrected chi connectivity index (χ3v) is 7.11. The molecule has 1 aromatic heterocycles. The predicted molar refractivity (Wildman–Crippen MR) is 123 cm³/mol. The van der Waals surface area contributed by atoms with Crippen LogP contribution in [0.5, 0.6) is 0 Å². The van der Waals surface area contributed by atoms with Crippen LogP contribution in [0.1, 0.15) is 18.9 Å². The van der Waals surface area contributed by atoms with Crippen LogP contribution in [0.4, 0.5) is 11.4 Å². The van der Waals surface area contributed by atoms with Gasteiger partial charge in [0.05, 0.1) is 49.2 Å². The van der Waals surface area contributed by atoms with Crippen LogP contribution < -0.4 is 9.62 Å². The van der Waals surface area contributed by atoms with Gasteiger partial charge >= 0.3 is 11.9 Å². The van der Waals surface area contributed by atoms with E-state index in [2.05, 4.69) is 9.82 Å². The Morgan fingerprint density at radius 3 is 2.40 bits per heavy atom. The smallest absolute Gasteiger partial charge is 0.355 e. The number of esters is 2. The van der Waals surface area contributed by atoms with Gasteiger partial charge in [0.25, 0.3) is 10.0 Å². The van der Waals surface area contributed by atoms with Gasteiger partial charge in [-0.3, -0.25) is 9.40 Å². The zero-order chi connectivity index (χ0) is 25.0. The maximum Gasteiger partial charge on any atom is 0.355 e. The molecule has 3 heterocycles. The molecule has 12 nitrogen and oxygen atoms in total. The van der Waals surface area contributed by atoms with E-state index in [0.29, 0.717) is 24.6 Å². The molecule has 0 radical (unpaired) electrons. The summed E-state index contributed by atoms with van der Waals surface area (Å²) in [6, 6.07) is 5.96. The number of aromatic nitrogens is 2. The van der Waals surface area contributed by atoms with Crippen molar-refractivity contribution in [2.75, 3.05) is 50.4 Å². The van der Waals surface area contributed by atoms with Crippen molar-refractivity contribution in [1.82, 2.24) is 9.78 Å². The molecule has 4 rings (SSSR count). The standard InChI is InChI=1S/C22H26N4O8S/c1-31-21(27)19-13-34-14-25(20(19)22(28)32-2)16-3-5-18(6-4-16)35(29,30)24-15-11-23-26(12-15)17-7-9-33-10-8-17/h3-6,11-12,17,24H,7-10,13-14H2,1-2H3. The van der Waals surface area contributed by atoms with Crippen molar-refractivity contribution >= 4 is 33.3 Å². The van der Waals surface area contributed by atoms with Gasteiger partial charge in [-0.25, -0.2) is 18.0 Å². The number of carbonyl (C=O) groups is 2. The average molecular weight is 507 g/mol. The van der Waals surface area contributed by atoms with Crippen molar-refractivity contribution in [2.45, 2.75) is 23.8 Å². The fourth-order valence-electron chi connectivity index (χ4n) is 3.91. The quantitative estimate of drug-likeness (QED) is 0.549. The van der Waals surface area contributed by atoms with Crippen LogP contribution in [-0.4, -0.2) is 70.9 Å². The molecule has 2 aromatic rings. The maximum atomic E-state index is 12.9. The molecule has 0 amide bonds. The summed E-state index contributed by atoms with van der Waals surface area (Å²) in [7, 11) is -1.50. The summed E-state index contributed by atoms with van der Waals surface area (Å²) in [5.41, 5.74) is 0.756. The summed E-state index contributed by atoms with van der Waals surface area (Å²) < 4.78 is 50.5. The van der Waals surface area contributed by atoms with Gasteiger partial charge in [-0.05, 0) is 37.1 Å². The molecular formula is C22H26N4O8S. The second kappa shape index (κ2) is 10.5. The Balaban J connectivity index is 1.54. The van der Waals surface area contributed by atoms with Gasteiger partial charge in [-0.2, -0.15) is 5.10 Å². The molecule has 0 spiro atoms. The number of sulfonamides is 1. The van der Waals surface area contributed by atoms with E-state index in [0.717, 1.165) is 12.8 Å². The van der Waals surface area contributed by atoms with Crippen molar-refractivity contribution in [3.63, 3.8) is 0 Å². The highest BCUT2D eigenvalue weighted by Crippen LogP contribution is 2.28. The van der Waals surface area contributed by atoms with Gasteiger partial charge in [0, 0.05) is 25.1 Å². The van der Waals surface area contributed by atoms with Gasteiger partial charge in [0.1, 0.15) is 12.4 Å². The fraction of sp³-hybridized carbons (Fsp3) is 0.409. The first kappa shape index (κ1) is 24.7. The van der Waals surface area contributed by atoms with Crippen LogP contribution >= 0.6 is 0 Å². The largest absolute Gasteiger partial charge is 0.466 e. The van der Waals surface area contributed by atoms with E-state index in [1.165, 1.54) is 49.6 Å². The normalized spacial score (nSPS) is 17.3. The molecule has 2 aliphatic rings. The van der Waals surface area contributed by atoms with Crippen molar-refractivity contribution in [3.8, 4) is 0 Å². The number of anilines is 2. The van der Waals surface area contributed by atoms with E-state index in [1.807, 2.05) is 0 Å². The first-order chi connectivity index (χ1) is 16.8. The minimum Gasteiger partial charge on any atom is -0.466 e. The zero-order valence-corrected chi connectivity index (χ0v) is 20.1. The highest BCUT2D eigenvalue weighted by molar-refractivity contribution is 7.92. The molecule has 1 saturated heterocycles. The summed E-state index contributed by atoms with van der Waals surface area (Å²) in [5.74, 6) is -1.46. The Morgan fingerprint density at radius 1 is 1.06 bits per heavy atom. The van der Waals surface area contributed by atoms with Crippen molar-refractivity contribution < 1.29 is 37.0 Å². The third-order valence-electron chi connectivity index (χ3n) is 5.71. The van der Waals surface area contributed by atoms with E-state index >= 15 is 0 Å². The number of ether oxygens (including phenoxy) is 4. The van der Waals surface area contributed by atoms with Gasteiger partial charge in [-0.15, -0.1) is 0 Å². The van der Waals surface area contributed by atoms with Gasteiger partial charge < -0.3 is 23.8 Å². The topological polar surface area (TPSA) is 138 Å². The van der Waals surface area contributed by atoms with Crippen LogP contribution in [-0.2, 0) is 38.6 Å². The first-order valence-electron chi connectivity index (χ1n) is 10.8. The maximum absolute atomic E-state index is 12.9. The van der Waals surface area contributed by atoms with E-state index in [-0.39, 0.29) is 35.5 Å². The minimum atomic E-state index is -3.90. The fourth-order valence-corrected chi connectivity index (χ4v) is 4.93. The predicted octanol–water partition coefficient (Wildman–Crippen LogP) is 1.43. The SMILES string of the molecule is COC(=O)C1=C(C(=O)OC)N(c2ccc(S(=O)(=O)Nc3cnn(C4CCOCC4)c3)cc2)COC1. The summed E-state index contributed by atoms with van der Waals surface area (Å²) in [6.07, 6.45) is 4.76. The van der Waals surface area contributed by atoms with Crippen molar-refractivity contribution in [3.05, 3.63) is 47.9 Å². The molecule has 1 aromatic carbocycles. The second-order valence-electron chi connectivity index (χ2n) is 7.87. The average Bonchev–Trinajstić information content (AvgIpc) is 3.35. The molecular weight excluding hydrogens is 480 g/mol. The lowest BCUT2D eigenvalue weighted by Crippen LogP contribution is -2.38. The van der Waals surface area contributed by atoms with Crippen molar-refractivity contribution in [2.24, 2.45) is 0 Å². The van der Waals surface area contributed by atoms with Crippen LogP contribution in [0, 0.1) is 0 Å². The van der Waals surface area contributed by atoms with Crippen LogP contribution in [0.3, 0.4) is 0 Å². The second-order valence-corrected chi connectivity index (χ2v) is 9.55. The molecule has 0 atom stereocenters. The van der Waals surface area contributed by atoms with Gasteiger partial charge in [0.2, 0.25) is 0 Å². The Kier molecular flexibility index (Phi) is 7.38. The molecule has 0 saturated carbocycles. The molecule has 0 bridgehead atoms. The number of nitrogens with zero attached hydrogens (tertiary/aromatic N) is 3. The molecule has 0 unspecified atom stereocenters. The summed E-state index contributed by atoms with van der Waals surface area (Å²) in [6.45, 7) is 1.13. The number of methoxy groups -OCH3 is 2. The monoisotopic (exact) mass is 506 g/mol. The van der Waals surface area contributed by atoms with Gasteiger partial charge in [0.15, 0.2) is 0 Å². The number of nitrogens with one attached hydrogen (secondary N) is 1. The Morgan fingerprint density at radius 2 is 1.74 bits per heavy atom. The number of benzene rings is 1. The third kappa shape index (κ3) is 5.31. The van der Waals surface area contributed by atoms with Crippen LogP contribution in [0.25, 0.3) is 0 Å². The zero-order valence-electron chi connectivity index (χ0n) is 19.3. The Labute approximate surface area is 202 Å². The van der Waals surface area contributed by atoms with E-state index in [1.54, 1.807) is 10.9 Å². The van der Waals surface area contributed by atoms with Crippen molar-refractivity contribution in [1.29, 1.82) is 0 Å². The van der Waals surface area contributed by atoms with Crippen LogP contribution in [0.2, 0.25) is 0 Å². The summed E-state index contributed by atoms with van der Waals surface area (Å²) in [4.78, 5) is 26.0. The molecule has 188 valence electrons. The molecule has 13 heteroatoms. The minimum absolute atomic E-state index is 0.00510. The van der Waals surface area contributed by atoms with Gasteiger partial charge in [-0.1, -0.05) is 0 Å². The molecule has 2 aliphatic heterocycles. The van der Waals surface area contributed by atoms with E-state index < -0.39 is 22.0 Å². The molecule has 1 fully saturated rings. The highest BCUT2D eigenvalue weighted by atomic mass is 32.2. The highest BCUT2D eigenvalue weighted by Gasteiger charge is 2.32. The molecule has 0 aliphatic carbocycles. The van der Waals surface area contributed by atoms with Crippen LogP contribution in [0.15, 0.2) is 52.8 Å². The number of rotatable bonds is 7. The summed E-state index contributed by atoms with van der Waals surface area (Å²) in [5, 5.41) is 4.28. The number of carbonyl (C=O) groups excluding carboxylic acids is 2. The first-order valence-corrected chi connectivity index (χ1v) is 12.3. The number of hydrogen-bond donors (Lipinski definition) is 1. The number of hydrogen-bond acceptors (Lipinski definition) is 10. The molecule has 35 heavy (non-hydrogen) atoms. The van der Waals surface area contributed by atoms with E-state index in [9.17, 15) is 18.0 Å². The van der Waals surface area contributed by atoms with E-state index in [4.69, 9.17) is 18.9 Å².